The molecule has 15 heavy (non-hydrogen) atoms. The molecule has 0 rings (SSSR count). The molecule has 0 bridgehead atoms. The van der Waals surface area contributed by atoms with Crippen molar-refractivity contribution < 1.29 is 14.4 Å². The zero-order valence-electron chi connectivity index (χ0n) is 9.29. The summed E-state index contributed by atoms with van der Waals surface area (Å²) in [7, 11) is 0. The maximum absolute atomic E-state index is 11.2. The first kappa shape index (κ1) is 13.6. The Bertz CT molecular complexity index is 239. The first-order valence-corrected chi connectivity index (χ1v) is 4.87. The fourth-order valence-corrected chi connectivity index (χ4v) is 1.06. The van der Waals surface area contributed by atoms with E-state index in [-0.39, 0.29) is 18.4 Å². The predicted octanol–water partition coefficient (Wildman–Crippen LogP) is -0.237. The van der Waals surface area contributed by atoms with Crippen LogP contribution in [0.25, 0.3) is 0 Å². The number of hydrogen-bond acceptors (Lipinski definition) is 3. The highest BCUT2D eigenvalue weighted by atomic mass is 16.2. The highest BCUT2D eigenvalue weighted by Crippen LogP contribution is 2.02. The van der Waals surface area contributed by atoms with Crippen molar-refractivity contribution in [2.75, 3.05) is 6.54 Å². The Morgan fingerprint density at radius 1 is 1.33 bits per heavy atom. The summed E-state index contributed by atoms with van der Waals surface area (Å²) in [5.74, 6) is -0.350. The van der Waals surface area contributed by atoms with Gasteiger partial charge in [0.2, 0.25) is 18.1 Å². The van der Waals surface area contributed by atoms with E-state index in [0.717, 1.165) is 0 Å². The number of amides is 2. The molecule has 5 nitrogen and oxygen atoms in total. The van der Waals surface area contributed by atoms with Gasteiger partial charge < -0.3 is 10.6 Å². The molecule has 0 aromatic heterocycles. The Kier molecular flexibility index (Phi) is 6.33. The van der Waals surface area contributed by atoms with Crippen molar-refractivity contribution >= 4 is 18.1 Å². The Balaban J connectivity index is 3.90. The molecule has 0 fully saturated rings. The second kappa shape index (κ2) is 6.98. The van der Waals surface area contributed by atoms with Crippen LogP contribution >= 0.6 is 0 Å². The van der Waals surface area contributed by atoms with E-state index >= 15 is 0 Å². The van der Waals surface area contributed by atoms with Gasteiger partial charge in [0, 0.05) is 6.92 Å². The highest BCUT2D eigenvalue weighted by molar-refractivity contribution is 5.85. The molecule has 1 atom stereocenters. The van der Waals surface area contributed by atoms with Crippen LogP contribution in [0.15, 0.2) is 0 Å². The van der Waals surface area contributed by atoms with Crippen LogP contribution in [0.5, 0.6) is 0 Å². The minimum absolute atomic E-state index is 0.106. The standard InChI is InChI=1S/C10H17N2O3/c1-7(2)4-9(6-13)12-10(15)5-11-8(3)14/h7,9H,4-5H2,1-3H3,(H,11,14)(H,12,15). The first-order chi connectivity index (χ1) is 6.95. The Morgan fingerprint density at radius 2 is 1.93 bits per heavy atom. The van der Waals surface area contributed by atoms with Crippen molar-refractivity contribution in [2.45, 2.75) is 33.2 Å². The molecular formula is C10H17N2O3. The molecule has 85 valence electrons. The maximum Gasteiger partial charge on any atom is 0.239 e. The number of rotatable bonds is 6. The van der Waals surface area contributed by atoms with Crippen LogP contribution in [-0.2, 0) is 14.4 Å². The largest absolute Gasteiger partial charge is 0.347 e. The van der Waals surface area contributed by atoms with E-state index in [0.29, 0.717) is 12.3 Å². The van der Waals surface area contributed by atoms with Crippen LogP contribution < -0.4 is 10.6 Å². The molecule has 2 N–H and O–H groups in total. The van der Waals surface area contributed by atoms with Crippen molar-refractivity contribution in [3.8, 4) is 0 Å². The summed E-state index contributed by atoms with van der Waals surface area (Å²) in [5.41, 5.74) is 0. The highest BCUT2D eigenvalue weighted by Gasteiger charge is 2.13. The predicted molar refractivity (Wildman–Crippen MR) is 55.8 cm³/mol. The average Bonchev–Trinajstić information content (AvgIpc) is 2.13. The minimum Gasteiger partial charge on any atom is -0.347 e. The van der Waals surface area contributed by atoms with Crippen LogP contribution in [-0.4, -0.2) is 30.7 Å². The van der Waals surface area contributed by atoms with Gasteiger partial charge in [0.25, 0.3) is 0 Å². The molecule has 1 radical (unpaired) electrons. The monoisotopic (exact) mass is 213 g/mol. The zero-order valence-corrected chi connectivity index (χ0v) is 9.29. The van der Waals surface area contributed by atoms with Gasteiger partial charge in [-0.05, 0) is 12.3 Å². The SMILES string of the molecule is CC(=O)NCC(=O)NC([C]=O)CC(C)C. The smallest absolute Gasteiger partial charge is 0.239 e. The Labute approximate surface area is 89.6 Å². The third kappa shape index (κ3) is 7.66. The van der Waals surface area contributed by atoms with Crippen LogP contribution in [0, 0.1) is 5.92 Å². The average molecular weight is 213 g/mol. The molecule has 5 heteroatoms. The fourth-order valence-electron chi connectivity index (χ4n) is 1.06. The molecule has 0 aromatic carbocycles. The lowest BCUT2D eigenvalue weighted by atomic mass is 10.1. The van der Waals surface area contributed by atoms with Crippen molar-refractivity contribution in [2.24, 2.45) is 5.92 Å². The van der Waals surface area contributed by atoms with E-state index < -0.39 is 6.04 Å². The van der Waals surface area contributed by atoms with Crippen LogP contribution in [0.4, 0.5) is 0 Å². The Hall–Kier alpha value is -1.39. The van der Waals surface area contributed by atoms with E-state index in [4.69, 9.17) is 0 Å². The van der Waals surface area contributed by atoms with E-state index in [1.807, 2.05) is 13.8 Å². The van der Waals surface area contributed by atoms with Crippen LogP contribution in [0.2, 0.25) is 0 Å². The molecule has 0 heterocycles. The summed E-state index contributed by atoms with van der Waals surface area (Å²) >= 11 is 0. The summed E-state index contributed by atoms with van der Waals surface area (Å²) in [5, 5.41) is 4.82. The van der Waals surface area contributed by atoms with Gasteiger partial charge in [0.05, 0.1) is 12.6 Å². The lowest BCUT2D eigenvalue weighted by molar-refractivity contribution is -0.125. The van der Waals surface area contributed by atoms with Crippen molar-refractivity contribution in [3.05, 3.63) is 0 Å². The van der Waals surface area contributed by atoms with Gasteiger partial charge in [-0.25, -0.2) is 0 Å². The molecule has 0 spiro atoms. The minimum atomic E-state index is -0.591. The summed E-state index contributed by atoms with van der Waals surface area (Å²) in [6.07, 6.45) is 2.31. The van der Waals surface area contributed by atoms with Crippen molar-refractivity contribution in [3.63, 3.8) is 0 Å². The van der Waals surface area contributed by atoms with Gasteiger partial charge in [-0.15, -0.1) is 0 Å². The second-order valence-electron chi connectivity index (χ2n) is 3.78. The maximum atomic E-state index is 11.2. The van der Waals surface area contributed by atoms with Crippen LogP contribution in [0.1, 0.15) is 27.2 Å². The van der Waals surface area contributed by atoms with Crippen molar-refractivity contribution in [1.82, 2.24) is 10.6 Å². The summed E-state index contributed by atoms with van der Waals surface area (Å²) in [4.78, 5) is 32.2. The fraction of sp³-hybridized carbons (Fsp3) is 0.700. The van der Waals surface area contributed by atoms with Gasteiger partial charge in [-0.2, -0.15) is 0 Å². The third-order valence-corrected chi connectivity index (χ3v) is 1.68. The molecule has 0 aliphatic heterocycles. The molecular weight excluding hydrogens is 196 g/mol. The molecule has 2 amide bonds. The van der Waals surface area contributed by atoms with E-state index in [9.17, 15) is 14.4 Å². The summed E-state index contributed by atoms with van der Waals surface area (Å²) in [6, 6.07) is -0.591. The van der Waals surface area contributed by atoms with Gasteiger partial charge >= 0.3 is 0 Å². The van der Waals surface area contributed by atoms with Gasteiger partial charge in [0.15, 0.2) is 0 Å². The molecule has 0 aliphatic rings. The lowest BCUT2D eigenvalue weighted by Gasteiger charge is -2.13. The molecule has 0 aromatic rings. The normalized spacial score (nSPS) is 12.0. The molecule has 0 saturated heterocycles. The molecule has 0 saturated carbocycles. The first-order valence-electron chi connectivity index (χ1n) is 4.87. The number of nitrogens with one attached hydrogen (secondary N) is 2. The van der Waals surface area contributed by atoms with Crippen LogP contribution in [0.3, 0.4) is 0 Å². The van der Waals surface area contributed by atoms with Gasteiger partial charge in [-0.3, -0.25) is 14.4 Å². The summed E-state index contributed by atoms with van der Waals surface area (Å²) < 4.78 is 0. The quantitative estimate of drug-likeness (QED) is 0.639. The topological polar surface area (TPSA) is 75.3 Å². The third-order valence-electron chi connectivity index (χ3n) is 1.68. The number of carbonyl (C=O) groups excluding carboxylic acids is 3. The lowest BCUT2D eigenvalue weighted by Crippen LogP contribution is -2.42. The van der Waals surface area contributed by atoms with E-state index in [1.54, 1.807) is 6.29 Å². The van der Waals surface area contributed by atoms with E-state index in [2.05, 4.69) is 10.6 Å². The van der Waals surface area contributed by atoms with Gasteiger partial charge in [-0.1, -0.05) is 13.8 Å². The zero-order chi connectivity index (χ0) is 11.8. The van der Waals surface area contributed by atoms with Gasteiger partial charge in [0.1, 0.15) is 0 Å². The van der Waals surface area contributed by atoms with E-state index in [1.165, 1.54) is 6.92 Å². The molecule has 1 unspecified atom stereocenters. The number of hydrogen-bond donors (Lipinski definition) is 2. The number of carbonyl (C=O) groups is 2. The van der Waals surface area contributed by atoms with Crippen molar-refractivity contribution in [1.29, 1.82) is 0 Å². The second-order valence-corrected chi connectivity index (χ2v) is 3.78. The summed E-state index contributed by atoms with van der Waals surface area (Å²) in [6.45, 7) is 5.12. The Morgan fingerprint density at radius 3 is 2.33 bits per heavy atom. The molecule has 0 aliphatic carbocycles.